The van der Waals surface area contributed by atoms with E-state index < -0.39 is 0 Å². The Balaban J connectivity index is 2.67. The maximum atomic E-state index is 3.68. The van der Waals surface area contributed by atoms with Crippen molar-refractivity contribution in [1.29, 1.82) is 0 Å². The molecule has 1 heterocycles. The summed E-state index contributed by atoms with van der Waals surface area (Å²) in [7, 11) is 0. The highest BCUT2D eigenvalue weighted by molar-refractivity contribution is 4.96. The topological polar surface area (TPSA) is 12.0 Å². The second-order valence-electron chi connectivity index (χ2n) is 5.17. The van der Waals surface area contributed by atoms with Crippen LogP contribution >= 0.6 is 0 Å². The van der Waals surface area contributed by atoms with Gasteiger partial charge in [0.15, 0.2) is 0 Å². The summed E-state index contributed by atoms with van der Waals surface area (Å²) in [6.45, 7) is 11.5. The van der Waals surface area contributed by atoms with Crippen LogP contribution in [0, 0.1) is 5.92 Å². The van der Waals surface area contributed by atoms with E-state index in [1.165, 1.54) is 12.8 Å². The summed E-state index contributed by atoms with van der Waals surface area (Å²) in [6, 6.07) is 0. The van der Waals surface area contributed by atoms with E-state index in [1.54, 1.807) is 0 Å². The third-order valence-corrected chi connectivity index (χ3v) is 3.09. The molecular weight excluding hydrogens is 134 g/mol. The summed E-state index contributed by atoms with van der Waals surface area (Å²) in [6.07, 6.45) is 2.66. The molecule has 0 bridgehead atoms. The molecule has 1 N–H and O–H groups in total. The van der Waals surface area contributed by atoms with E-state index >= 15 is 0 Å². The monoisotopic (exact) mass is 155 g/mol. The molecule has 66 valence electrons. The normalized spacial score (nSPS) is 35.2. The van der Waals surface area contributed by atoms with E-state index in [9.17, 15) is 0 Å². The summed E-state index contributed by atoms with van der Waals surface area (Å²) >= 11 is 0. The van der Waals surface area contributed by atoms with Crippen LogP contribution in [-0.4, -0.2) is 11.1 Å². The van der Waals surface area contributed by atoms with Gasteiger partial charge in [0, 0.05) is 11.1 Å². The first-order chi connectivity index (χ1) is 4.83. The summed E-state index contributed by atoms with van der Waals surface area (Å²) in [5, 5.41) is 3.68. The van der Waals surface area contributed by atoms with Crippen molar-refractivity contribution >= 4 is 0 Å². The highest BCUT2D eigenvalue weighted by Gasteiger charge is 2.36. The van der Waals surface area contributed by atoms with Crippen LogP contribution in [-0.2, 0) is 0 Å². The molecule has 1 saturated heterocycles. The van der Waals surface area contributed by atoms with Crippen LogP contribution in [0.2, 0.25) is 0 Å². The third-order valence-electron chi connectivity index (χ3n) is 3.09. The van der Waals surface area contributed by atoms with Gasteiger partial charge >= 0.3 is 0 Å². The third kappa shape index (κ3) is 1.96. The highest BCUT2D eigenvalue weighted by atomic mass is 15.1. The average molecular weight is 155 g/mol. The van der Waals surface area contributed by atoms with Gasteiger partial charge in [-0.25, -0.2) is 0 Å². The number of hydrogen-bond acceptors (Lipinski definition) is 1. The smallest absolute Gasteiger partial charge is 0.0155 e. The molecule has 0 spiro atoms. The largest absolute Gasteiger partial charge is 0.307 e. The molecule has 1 nitrogen and oxygen atoms in total. The van der Waals surface area contributed by atoms with E-state index in [0.717, 1.165) is 5.92 Å². The van der Waals surface area contributed by atoms with Crippen LogP contribution in [0.25, 0.3) is 0 Å². The lowest BCUT2D eigenvalue weighted by Crippen LogP contribution is -2.59. The molecule has 1 fully saturated rings. The summed E-state index contributed by atoms with van der Waals surface area (Å²) in [5.41, 5.74) is 0.664. The quantitative estimate of drug-likeness (QED) is 0.567. The fourth-order valence-electron chi connectivity index (χ4n) is 2.00. The minimum Gasteiger partial charge on any atom is -0.307 e. The molecule has 1 rings (SSSR count). The summed E-state index contributed by atoms with van der Waals surface area (Å²) in [5.74, 6) is 0.801. The zero-order valence-corrected chi connectivity index (χ0v) is 8.49. The Morgan fingerprint density at radius 3 is 2.09 bits per heavy atom. The van der Waals surface area contributed by atoms with Crippen LogP contribution in [0.1, 0.15) is 47.5 Å². The van der Waals surface area contributed by atoms with Crippen molar-refractivity contribution in [3.05, 3.63) is 0 Å². The highest BCUT2D eigenvalue weighted by Crippen LogP contribution is 2.32. The fraction of sp³-hybridized carbons (Fsp3) is 1.00. The Bertz CT molecular complexity index is 147. The molecule has 1 heteroatoms. The maximum absolute atomic E-state index is 3.68. The summed E-state index contributed by atoms with van der Waals surface area (Å²) in [4.78, 5) is 0. The minimum atomic E-state index is 0.321. The number of piperidine rings is 1. The molecule has 1 aliphatic rings. The van der Waals surface area contributed by atoms with Gasteiger partial charge in [-0.2, -0.15) is 0 Å². The van der Waals surface area contributed by atoms with Gasteiger partial charge in [0.2, 0.25) is 0 Å². The van der Waals surface area contributed by atoms with Gasteiger partial charge in [-0.3, -0.25) is 0 Å². The van der Waals surface area contributed by atoms with Gasteiger partial charge in [0.25, 0.3) is 0 Å². The molecule has 1 unspecified atom stereocenters. The Labute approximate surface area is 70.6 Å². The maximum Gasteiger partial charge on any atom is 0.0155 e. The molecule has 0 aromatic rings. The van der Waals surface area contributed by atoms with Crippen LogP contribution in [0.4, 0.5) is 0 Å². The molecule has 0 saturated carbocycles. The van der Waals surface area contributed by atoms with E-state index in [-0.39, 0.29) is 0 Å². The van der Waals surface area contributed by atoms with Crippen molar-refractivity contribution in [1.82, 2.24) is 5.32 Å². The lowest BCUT2D eigenvalue weighted by molar-refractivity contribution is 0.123. The SMILES string of the molecule is CC1CCC(C)(C)NC1(C)C. The molecule has 0 aromatic heterocycles. The zero-order valence-electron chi connectivity index (χ0n) is 8.49. The van der Waals surface area contributed by atoms with Gasteiger partial charge in [-0.15, -0.1) is 0 Å². The van der Waals surface area contributed by atoms with Gasteiger partial charge in [0.1, 0.15) is 0 Å². The van der Waals surface area contributed by atoms with Gasteiger partial charge in [0.05, 0.1) is 0 Å². The van der Waals surface area contributed by atoms with Gasteiger partial charge < -0.3 is 5.32 Å². The molecular formula is C10H21N. The molecule has 11 heavy (non-hydrogen) atoms. The lowest BCUT2D eigenvalue weighted by Gasteiger charge is -2.46. The second kappa shape index (κ2) is 2.48. The van der Waals surface area contributed by atoms with Crippen molar-refractivity contribution < 1.29 is 0 Å². The number of rotatable bonds is 0. The van der Waals surface area contributed by atoms with E-state index in [2.05, 4.69) is 39.9 Å². The standard InChI is InChI=1S/C10H21N/c1-8-6-7-9(2,3)11-10(8,4)5/h8,11H,6-7H2,1-5H3. The minimum absolute atomic E-state index is 0.321. The Kier molecular flexibility index (Phi) is 2.04. The van der Waals surface area contributed by atoms with Crippen molar-refractivity contribution in [3.8, 4) is 0 Å². The van der Waals surface area contributed by atoms with Gasteiger partial charge in [-0.1, -0.05) is 6.92 Å². The van der Waals surface area contributed by atoms with E-state index in [4.69, 9.17) is 0 Å². The first-order valence-corrected chi connectivity index (χ1v) is 4.63. The number of nitrogens with one attached hydrogen (secondary N) is 1. The Morgan fingerprint density at radius 1 is 1.18 bits per heavy atom. The van der Waals surface area contributed by atoms with Crippen LogP contribution < -0.4 is 5.32 Å². The second-order valence-corrected chi connectivity index (χ2v) is 5.17. The molecule has 0 radical (unpaired) electrons. The molecule has 1 atom stereocenters. The molecule has 1 aliphatic heterocycles. The Morgan fingerprint density at radius 2 is 1.73 bits per heavy atom. The van der Waals surface area contributed by atoms with E-state index in [0.29, 0.717) is 11.1 Å². The van der Waals surface area contributed by atoms with E-state index in [1.807, 2.05) is 0 Å². The van der Waals surface area contributed by atoms with Crippen LogP contribution in [0.15, 0.2) is 0 Å². The van der Waals surface area contributed by atoms with Crippen LogP contribution in [0.3, 0.4) is 0 Å². The number of hydrogen-bond donors (Lipinski definition) is 1. The van der Waals surface area contributed by atoms with Crippen molar-refractivity contribution in [2.75, 3.05) is 0 Å². The molecule has 0 aliphatic carbocycles. The fourth-order valence-corrected chi connectivity index (χ4v) is 2.00. The average Bonchev–Trinajstić information content (AvgIpc) is 1.77. The molecule has 0 aromatic carbocycles. The first-order valence-electron chi connectivity index (χ1n) is 4.63. The zero-order chi connectivity index (χ0) is 8.70. The first kappa shape index (κ1) is 9.05. The summed E-state index contributed by atoms with van der Waals surface area (Å²) < 4.78 is 0. The predicted octanol–water partition coefficient (Wildman–Crippen LogP) is 2.56. The molecule has 0 amide bonds. The predicted molar refractivity (Wildman–Crippen MR) is 49.7 cm³/mol. The van der Waals surface area contributed by atoms with Crippen molar-refractivity contribution in [3.63, 3.8) is 0 Å². The Hall–Kier alpha value is -0.0400. The lowest BCUT2D eigenvalue weighted by atomic mass is 9.76. The van der Waals surface area contributed by atoms with Gasteiger partial charge in [-0.05, 0) is 46.5 Å². The van der Waals surface area contributed by atoms with Crippen molar-refractivity contribution in [2.45, 2.75) is 58.5 Å². The van der Waals surface area contributed by atoms with Crippen LogP contribution in [0.5, 0.6) is 0 Å². The van der Waals surface area contributed by atoms with Crippen molar-refractivity contribution in [2.24, 2.45) is 5.92 Å².